The molecule has 3 heteroatoms. The van der Waals surface area contributed by atoms with Gasteiger partial charge in [-0.05, 0) is 55.0 Å². The highest BCUT2D eigenvalue weighted by molar-refractivity contribution is 9.10. The smallest absolute Gasteiger partial charge is 0.119 e. The van der Waals surface area contributed by atoms with Crippen LogP contribution in [0.1, 0.15) is 51.5 Å². The van der Waals surface area contributed by atoms with Crippen molar-refractivity contribution in [1.29, 1.82) is 0 Å². The topological polar surface area (TPSA) is 21.3 Å². The Morgan fingerprint density at radius 1 is 1.24 bits per heavy atom. The van der Waals surface area contributed by atoms with Gasteiger partial charge in [0.05, 0.1) is 6.61 Å². The van der Waals surface area contributed by atoms with E-state index in [1.807, 2.05) is 0 Å². The minimum atomic E-state index is 0.675. The van der Waals surface area contributed by atoms with Crippen LogP contribution in [0.3, 0.4) is 0 Å². The molecule has 0 unspecified atom stereocenters. The summed E-state index contributed by atoms with van der Waals surface area (Å²) in [5.74, 6) is 2.43. The lowest BCUT2D eigenvalue weighted by Crippen LogP contribution is -2.19. The second-order valence-electron chi connectivity index (χ2n) is 6.59. The lowest BCUT2D eigenvalue weighted by atomic mass is 9.90. The highest BCUT2D eigenvalue weighted by atomic mass is 79.9. The highest BCUT2D eigenvalue weighted by Crippen LogP contribution is 2.26. The Bertz CT molecular complexity index is 427. The van der Waals surface area contributed by atoms with Gasteiger partial charge < -0.3 is 10.1 Å². The fourth-order valence-corrected chi connectivity index (χ4v) is 3.23. The van der Waals surface area contributed by atoms with Crippen molar-refractivity contribution in [2.75, 3.05) is 13.2 Å². The molecule has 1 aliphatic carbocycles. The minimum absolute atomic E-state index is 0.675. The molecule has 1 aliphatic rings. The Hall–Kier alpha value is -0.540. The van der Waals surface area contributed by atoms with Crippen LogP contribution in [-0.4, -0.2) is 13.2 Å². The fraction of sp³-hybridized carbons (Fsp3) is 0.667. The Kier molecular flexibility index (Phi) is 7.05. The Morgan fingerprint density at radius 2 is 2.00 bits per heavy atom. The van der Waals surface area contributed by atoms with Crippen molar-refractivity contribution >= 4 is 15.9 Å². The molecule has 0 atom stereocenters. The Morgan fingerprint density at radius 3 is 2.71 bits per heavy atom. The number of nitrogens with one attached hydrogen (secondary N) is 1. The van der Waals surface area contributed by atoms with E-state index in [2.05, 4.69) is 53.3 Å². The van der Waals surface area contributed by atoms with E-state index < -0.39 is 0 Å². The number of halogens is 1. The van der Waals surface area contributed by atoms with Crippen LogP contribution in [0.5, 0.6) is 5.75 Å². The lowest BCUT2D eigenvalue weighted by molar-refractivity contribution is 0.208. The van der Waals surface area contributed by atoms with Gasteiger partial charge in [0.15, 0.2) is 0 Å². The molecule has 0 amide bonds. The van der Waals surface area contributed by atoms with E-state index in [0.717, 1.165) is 35.8 Å². The van der Waals surface area contributed by atoms with Crippen LogP contribution >= 0.6 is 15.9 Å². The van der Waals surface area contributed by atoms with E-state index in [1.165, 1.54) is 37.7 Å². The fourth-order valence-electron chi connectivity index (χ4n) is 2.84. The van der Waals surface area contributed by atoms with Crippen LogP contribution in [-0.2, 0) is 6.54 Å². The van der Waals surface area contributed by atoms with Gasteiger partial charge in [-0.15, -0.1) is 0 Å². The van der Waals surface area contributed by atoms with Crippen molar-refractivity contribution in [1.82, 2.24) is 5.32 Å². The summed E-state index contributed by atoms with van der Waals surface area (Å²) in [5.41, 5.74) is 1.27. The summed E-state index contributed by atoms with van der Waals surface area (Å²) in [6.45, 7) is 7.26. The molecular formula is C18H28BrNO. The third-order valence-electron chi connectivity index (χ3n) is 4.10. The first-order valence-electron chi connectivity index (χ1n) is 8.27. The standard InChI is InChI=1S/C18H28BrNO/c1-14(2)11-20-12-16-10-17(8-9-18(16)19)21-13-15-6-4-3-5-7-15/h8-10,14-15,20H,3-7,11-13H2,1-2H3. The van der Waals surface area contributed by atoms with Gasteiger partial charge in [0.2, 0.25) is 0 Å². The van der Waals surface area contributed by atoms with Crippen LogP contribution in [0.2, 0.25) is 0 Å². The molecular weight excluding hydrogens is 326 g/mol. The van der Waals surface area contributed by atoms with E-state index in [-0.39, 0.29) is 0 Å². The molecule has 1 N–H and O–H groups in total. The van der Waals surface area contributed by atoms with Crippen LogP contribution in [0.15, 0.2) is 22.7 Å². The van der Waals surface area contributed by atoms with Gasteiger partial charge in [-0.2, -0.15) is 0 Å². The monoisotopic (exact) mass is 353 g/mol. The molecule has 118 valence electrons. The molecule has 2 rings (SSSR count). The zero-order chi connectivity index (χ0) is 15.1. The predicted molar refractivity (Wildman–Crippen MR) is 92.8 cm³/mol. The van der Waals surface area contributed by atoms with Gasteiger partial charge in [-0.25, -0.2) is 0 Å². The predicted octanol–water partition coefficient (Wildman–Crippen LogP) is 5.15. The molecule has 1 aromatic carbocycles. The lowest BCUT2D eigenvalue weighted by Gasteiger charge is -2.22. The number of ether oxygens (including phenoxy) is 1. The van der Waals surface area contributed by atoms with Crippen LogP contribution in [0.25, 0.3) is 0 Å². The molecule has 0 heterocycles. The largest absolute Gasteiger partial charge is 0.493 e. The van der Waals surface area contributed by atoms with Crippen molar-refractivity contribution < 1.29 is 4.74 Å². The average Bonchev–Trinajstić information content (AvgIpc) is 2.48. The molecule has 1 saturated carbocycles. The molecule has 0 saturated heterocycles. The Labute approximate surface area is 137 Å². The number of hydrogen-bond donors (Lipinski definition) is 1. The molecule has 0 radical (unpaired) electrons. The summed E-state index contributed by atoms with van der Waals surface area (Å²) < 4.78 is 7.18. The maximum Gasteiger partial charge on any atom is 0.119 e. The van der Waals surface area contributed by atoms with E-state index >= 15 is 0 Å². The second kappa shape index (κ2) is 8.79. The third kappa shape index (κ3) is 5.99. The van der Waals surface area contributed by atoms with E-state index in [4.69, 9.17) is 4.74 Å². The van der Waals surface area contributed by atoms with Crippen molar-refractivity contribution in [3.8, 4) is 5.75 Å². The number of rotatable bonds is 7. The summed E-state index contributed by atoms with van der Waals surface area (Å²) in [4.78, 5) is 0. The number of hydrogen-bond acceptors (Lipinski definition) is 2. The summed E-state index contributed by atoms with van der Waals surface area (Å²) in [6.07, 6.45) is 6.82. The van der Waals surface area contributed by atoms with Gasteiger partial charge >= 0.3 is 0 Å². The molecule has 21 heavy (non-hydrogen) atoms. The zero-order valence-electron chi connectivity index (χ0n) is 13.3. The van der Waals surface area contributed by atoms with Gasteiger partial charge in [0.25, 0.3) is 0 Å². The highest BCUT2D eigenvalue weighted by Gasteiger charge is 2.14. The molecule has 0 bridgehead atoms. The SMILES string of the molecule is CC(C)CNCc1cc(OCC2CCCCC2)ccc1Br. The maximum absolute atomic E-state index is 6.02. The first-order valence-corrected chi connectivity index (χ1v) is 9.06. The first kappa shape index (κ1) is 16.8. The van der Waals surface area contributed by atoms with Gasteiger partial charge in [0, 0.05) is 11.0 Å². The van der Waals surface area contributed by atoms with Gasteiger partial charge in [0.1, 0.15) is 5.75 Å². The zero-order valence-corrected chi connectivity index (χ0v) is 14.9. The maximum atomic E-state index is 6.02. The van der Waals surface area contributed by atoms with Crippen LogP contribution in [0, 0.1) is 11.8 Å². The molecule has 0 spiro atoms. The third-order valence-corrected chi connectivity index (χ3v) is 4.87. The summed E-state index contributed by atoms with van der Waals surface area (Å²) >= 11 is 3.63. The van der Waals surface area contributed by atoms with E-state index in [0.29, 0.717) is 5.92 Å². The summed E-state index contributed by atoms with van der Waals surface area (Å²) in [6, 6.07) is 6.34. The molecule has 2 nitrogen and oxygen atoms in total. The van der Waals surface area contributed by atoms with Crippen LogP contribution in [0.4, 0.5) is 0 Å². The molecule has 0 aliphatic heterocycles. The Balaban J connectivity index is 1.84. The normalized spacial score (nSPS) is 16.4. The average molecular weight is 354 g/mol. The minimum Gasteiger partial charge on any atom is -0.493 e. The summed E-state index contributed by atoms with van der Waals surface area (Å²) in [5, 5.41) is 3.49. The summed E-state index contributed by atoms with van der Waals surface area (Å²) in [7, 11) is 0. The quantitative estimate of drug-likeness (QED) is 0.731. The van der Waals surface area contributed by atoms with Crippen molar-refractivity contribution in [3.63, 3.8) is 0 Å². The van der Waals surface area contributed by atoms with Crippen molar-refractivity contribution in [2.45, 2.75) is 52.5 Å². The number of benzene rings is 1. The first-order chi connectivity index (χ1) is 10.1. The van der Waals surface area contributed by atoms with Crippen molar-refractivity contribution in [3.05, 3.63) is 28.2 Å². The molecule has 1 fully saturated rings. The molecule has 1 aromatic rings. The molecule has 0 aromatic heterocycles. The van der Waals surface area contributed by atoms with Gasteiger partial charge in [-0.1, -0.05) is 49.0 Å². The van der Waals surface area contributed by atoms with E-state index in [9.17, 15) is 0 Å². The van der Waals surface area contributed by atoms with Crippen molar-refractivity contribution in [2.24, 2.45) is 11.8 Å². The van der Waals surface area contributed by atoms with Gasteiger partial charge in [-0.3, -0.25) is 0 Å². The second-order valence-corrected chi connectivity index (χ2v) is 7.45. The van der Waals surface area contributed by atoms with E-state index in [1.54, 1.807) is 0 Å². The van der Waals surface area contributed by atoms with Crippen LogP contribution < -0.4 is 10.1 Å².